The molecule has 0 spiro atoms. The lowest BCUT2D eigenvalue weighted by Crippen LogP contribution is -2.41. The molecule has 1 amide bonds. The second-order valence-electron chi connectivity index (χ2n) is 6.07. The quantitative estimate of drug-likeness (QED) is 0.416. The van der Waals surface area contributed by atoms with E-state index >= 15 is 0 Å². The van der Waals surface area contributed by atoms with E-state index in [-0.39, 0.29) is 24.2 Å². The number of carbonyl (C=O) groups is 1. The highest BCUT2D eigenvalue weighted by molar-refractivity contribution is 7.89. The number of para-hydroxylation sites is 1. The second kappa shape index (κ2) is 8.78. The first-order chi connectivity index (χ1) is 14.6. The third-order valence-electron chi connectivity index (χ3n) is 3.86. The fourth-order valence-electron chi connectivity index (χ4n) is 2.37. The summed E-state index contributed by atoms with van der Waals surface area (Å²) >= 11 is 0. The van der Waals surface area contributed by atoms with E-state index < -0.39 is 38.4 Å². The number of benzene rings is 2. The van der Waals surface area contributed by atoms with E-state index in [9.17, 15) is 30.8 Å². The Hall–Kier alpha value is -3.38. The Labute approximate surface area is 173 Å². The van der Waals surface area contributed by atoms with E-state index in [1.54, 1.807) is 35.2 Å². The van der Waals surface area contributed by atoms with Gasteiger partial charge < -0.3 is 9.15 Å². The minimum atomic E-state index is -5.09. The van der Waals surface area contributed by atoms with Crippen molar-refractivity contribution < 1.29 is 39.9 Å². The van der Waals surface area contributed by atoms with Crippen LogP contribution in [0, 0.1) is 5.82 Å². The Morgan fingerprint density at radius 2 is 1.74 bits per heavy atom. The van der Waals surface area contributed by atoms with E-state index in [0.717, 1.165) is 0 Å². The molecule has 1 aromatic heterocycles. The van der Waals surface area contributed by atoms with Gasteiger partial charge in [-0.1, -0.05) is 18.2 Å². The smallest absolute Gasteiger partial charge is 0.419 e. The first-order valence-corrected chi connectivity index (χ1v) is 10.00. The molecule has 2 N–H and O–H groups in total. The maximum absolute atomic E-state index is 13.3. The average molecular weight is 458 g/mol. The molecule has 0 aliphatic heterocycles. The van der Waals surface area contributed by atoms with Crippen LogP contribution in [0.2, 0.25) is 0 Å². The molecule has 0 atom stereocenters. The fourth-order valence-corrected chi connectivity index (χ4v) is 3.24. The molecule has 3 aromatic rings. The first kappa shape index (κ1) is 22.3. The third kappa shape index (κ3) is 5.61. The highest BCUT2D eigenvalue weighted by Gasteiger charge is 2.35. The molecule has 0 aliphatic rings. The molecule has 0 saturated heterocycles. The molecule has 0 aliphatic carbocycles. The van der Waals surface area contributed by atoms with Crippen molar-refractivity contribution in [1.29, 1.82) is 0 Å². The van der Waals surface area contributed by atoms with Crippen LogP contribution in [-0.2, 0) is 22.8 Å². The number of nitrogens with one attached hydrogen (secondary N) is 2. The molecule has 0 unspecified atom stereocenters. The number of hydrazine groups is 1. The summed E-state index contributed by atoms with van der Waals surface area (Å²) in [6, 6.07) is 12.6. The van der Waals surface area contributed by atoms with E-state index in [2.05, 4.69) is 0 Å². The predicted octanol–water partition coefficient (Wildman–Crippen LogP) is 3.64. The number of ether oxygens (including phenoxy) is 1. The topological polar surface area (TPSA) is 97.6 Å². The van der Waals surface area contributed by atoms with Crippen LogP contribution in [0.5, 0.6) is 5.75 Å². The summed E-state index contributed by atoms with van der Waals surface area (Å²) in [6.07, 6.45) is -5.09. The van der Waals surface area contributed by atoms with Crippen molar-refractivity contribution in [2.45, 2.75) is 17.7 Å². The molecule has 12 heteroatoms. The molecule has 164 valence electrons. The van der Waals surface area contributed by atoms with Crippen LogP contribution in [-0.4, -0.2) is 14.3 Å². The normalized spacial score (nSPS) is 11.9. The van der Waals surface area contributed by atoms with E-state index in [1.807, 2.05) is 5.43 Å². The number of carbonyl (C=O) groups excluding carboxylic acids is 1. The van der Waals surface area contributed by atoms with Gasteiger partial charge in [0, 0.05) is 0 Å². The lowest BCUT2D eigenvalue weighted by Gasteiger charge is -2.11. The Morgan fingerprint density at radius 1 is 1.03 bits per heavy atom. The van der Waals surface area contributed by atoms with Gasteiger partial charge in [0.05, 0.1) is 10.5 Å². The predicted molar refractivity (Wildman–Crippen MR) is 98.7 cm³/mol. The zero-order valence-corrected chi connectivity index (χ0v) is 16.3. The average Bonchev–Trinajstić information content (AvgIpc) is 3.20. The zero-order chi connectivity index (χ0) is 22.6. The number of alkyl halides is 3. The van der Waals surface area contributed by atoms with Crippen LogP contribution >= 0.6 is 0 Å². The van der Waals surface area contributed by atoms with Crippen molar-refractivity contribution in [1.82, 2.24) is 10.3 Å². The maximum Gasteiger partial charge on any atom is 0.419 e. The molecular formula is C19H14F4N2O5S. The van der Waals surface area contributed by atoms with Crippen molar-refractivity contribution in [3.05, 3.63) is 83.6 Å². The Bertz CT molecular complexity index is 1180. The molecule has 0 saturated carbocycles. The number of halogens is 4. The third-order valence-corrected chi connectivity index (χ3v) is 5.11. The minimum Gasteiger partial charge on any atom is -0.486 e. The minimum absolute atomic E-state index is 0.00117. The number of amides is 1. The van der Waals surface area contributed by atoms with E-state index in [4.69, 9.17) is 9.15 Å². The van der Waals surface area contributed by atoms with Gasteiger partial charge in [0.1, 0.15) is 23.9 Å². The molecule has 7 nitrogen and oxygen atoms in total. The standard InChI is InChI=1S/C19H14F4N2O5S/c20-16-8-7-14(10-15(16)19(21,22)23)31(27,28)25-24-18(26)17-9-6-13(30-17)11-29-12-4-2-1-3-5-12/h1-10,25H,11H2,(H,24,26). The summed E-state index contributed by atoms with van der Waals surface area (Å²) in [5.41, 5.74) is 0.0573. The summed E-state index contributed by atoms with van der Waals surface area (Å²) in [5, 5.41) is 0. The lowest BCUT2D eigenvalue weighted by molar-refractivity contribution is -0.140. The number of furan rings is 1. The molecule has 0 fully saturated rings. The molecule has 0 radical (unpaired) electrons. The van der Waals surface area contributed by atoms with Gasteiger partial charge >= 0.3 is 12.1 Å². The molecule has 2 aromatic carbocycles. The van der Waals surface area contributed by atoms with Gasteiger partial charge in [0.25, 0.3) is 10.0 Å². The molecule has 0 bridgehead atoms. The van der Waals surface area contributed by atoms with Gasteiger partial charge in [-0.25, -0.2) is 12.8 Å². The monoisotopic (exact) mass is 458 g/mol. The highest BCUT2D eigenvalue weighted by atomic mass is 32.2. The van der Waals surface area contributed by atoms with Gasteiger partial charge in [0.2, 0.25) is 0 Å². The molecule has 3 rings (SSSR count). The van der Waals surface area contributed by atoms with Crippen molar-refractivity contribution in [3.63, 3.8) is 0 Å². The number of hydrogen-bond acceptors (Lipinski definition) is 5. The van der Waals surface area contributed by atoms with Gasteiger partial charge in [-0.05, 0) is 42.5 Å². The Kier molecular flexibility index (Phi) is 6.32. The first-order valence-electron chi connectivity index (χ1n) is 8.52. The van der Waals surface area contributed by atoms with Gasteiger partial charge in [-0.2, -0.15) is 13.2 Å². The lowest BCUT2D eigenvalue weighted by atomic mass is 10.2. The van der Waals surface area contributed by atoms with E-state index in [1.165, 1.54) is 12.1 Å². The fraction of sp³-hybridized carbons (Fsp3) is 0.105. The van der Waals surface area contributed by atoms with Crippen LogP contribution in [0.15, 0.2) is 70.0 Å². The summed E-state index contributed by atoms with van der Waals surface area (Å²) in [4.78, 5) is 12.8. The second-order valence-corrected chi connectivity index (χ2v) is 7.75. The summed E-state index contributed by atoms with van der Waals surface area (Å²) in [5.74, 6) is -2.08. The van der Waals surface area contributed by atoms with Crippen molar-refractivity contribution in [3.8, 4) is 5.75 Å². The van der Waals surface area contributed by atoms with Crippen molar-refractivity contribution >= 4 is 15.9 Å². The number of hydrogen-bond donors (Lipinski definition) is 2. The van der Waals surface area contributed by atoms with Crippen LogP contribution in [0.1, 0.15) is 21.9 Å². The maximum atomic E-state index is 13.3. The Balaban J connectivity index is 1.63. The SMILES string of the molecule is O=C(NNS(=O)(=O)c1ccc(F)c(C(F)(F)F)c1)c1ccc(COc2ccccc2)o1. The van der Waals surface area contributed by atoms with Crippen molar-refractivity contribution in [2.75, 3.05) is 0 Å². The highest BCUT2D eigenvalue weighted by Crippen LogP contribution is 2.32. The molecule has 1 heterocycles. The number of sulfonamides is 1. The number of rotatable bonds is 7. The summed E-state index contributed by atoms with van der Waals surface area (Å²) < 4.78 is 86.7. The summed E-state index contributed by atoms with van der Waals surface area (Å²) in [7, 11) is -4.62. The Morgan fingerprint density at radius 3 is 2.42 bits per heavy atom. The summed E-state index contributed by atoms with van der Waals surface area (Å²) in [6.45, 7) is -0.00117. The molecular weight excluding hydrogens is 444 g/mol. The zero-order valence-electron chi connectivity index (χ0n) is 15.4. The largest absolute Gasteiger partial charge is 0.486 e. The van der Waals surface area contributed by atoms with Crippen LogP contribution < -0.4 is 15.0 Å². The van der Waals surface area contributed by atoms with Gasteiger partial charge in [0.15, 0.2) is 5.76 Å². The van der Waals surface area contributed by atoms with E-state index in [0.29, 0.717) is 17.9 Å². The van der Waals surface area contributed by atoms with Crippen LogP contribution in [0.4, 0.5) is 17.6 Å². The van der Waals surface area contributed by atoms with Crippen LogP contribution in [0.25, 0.3) is 0 Å². The van der Waals surface area contributed by atoms with Crippen molar-refractivity contribution in [2.24, 2.45) is 0 Å². The van der Waals surface area contributed by atoms with Gasteiger partial charge in [-0.15, -0.1) is 4.83 Å². The molecule has 31 heavy (non-hydrogen) atoms. The van der Waals surface area contributed by atoms with Crippen LogP contribution in [0.3, 0.4) is 0 Å². The van der Waals surface area contributed by atoms with Gasteiger partial charge in [-0.3, -0.25) is 10.2 Å².